The lowest BCUT2D eigenvalue weighted by atomic mass is 10.2. The molecule has 27 heavy (non-hydrogen) atoms. The number of nitro groups is 1. The van der Waals surface area contributed by atoms with Gasteiger partial charge in [-0.15, -0.1) is 0 Å². The van der Waals surface area contributed by atoms with Crippen LogP contribution in [-0.2, 0) is 0 Å². The molecule has 1 heterocycles. The molecule has 142 valence electrons. The second-order valence-corrected chi connectivity index (χ2v) is 6.43. The third kappa shape index (κ3) is 5.04. The maximum atomic E-state index is 12.6. The summed E-state index contributed by atoms with van der Waals surface area (Å²) in [5.74, 6) is 0.354. The summed E-state index contributed by atoms with van der Waals surface area (Å²) in [6.07, 6.45) is 0.893. The molecule has 0 N–H and O–H groups in total. The minimum absolute atomic E-state index is 0.0204. The summed E-state index contributed by atoms with van der Waals surface area (Å²) in [5.41, 5.74) is 0.693. The van der Waals surface area contributed by atoms with E-state index < -0.39 is 4.92 Å². The Balaban J connectivity index is 1.49. The van der Waals surface area contributed by atoms with Crippen LogP contribution in [0.3, 0.4) is 0 Å². The van der Waals surface area contributed by atoms with Crippen molar-refractivity contribution in [1.29, 1.82) is 0 Å². The van der Waals surface area contributed by atoms with E-state index >= 15 is 0 Å². The molecule has 3 rings (SSSR count). The Hall–Kier alpha value is -2.93. The van der Waals surface area contributed by atoms with Crippen LogP contribution in [0.25, 0.3) is 0 Å². The summed E-state index contributed by atoms with van der Waals surface area (Å²) in [5, 5.41) is 11.0. The Bertz CT molecular complexity index is 782. The van der Waals surface area contributed by atoms with Crippen molar-refractivity contribution in [2.24, 2.45) is 0 Å². The van der Waals surface area contributed by atoms with Gasteiger partial charge in [-0.3, -0.25) is 19.8 Å². The first kappa shape index (κ1) is 18.8. The maximum absolute atomic E-state index is 12.6. The monoisotopic (exact) mass is 369 g/mol. The molecule has 7 nitrogen and oxygen atoms in total. The van der Waals surface area contributed by atoms with Crippen molar-refractivity contribution in [3.63, 3.8) is 0 Å². The van der Waals surface area contributed by atoms with Gasteiger partial charge in [0.1, 0.15) is 6.61 Å². The summed E-state index contributed by atoms with van der Waals surface area (Å²) < 4.78 is 5.62. The molecule has 2 aromatic carbocycles. The van der Waals surface area contributed by atoms with Gasteiger partial charge in [-0.1, -0.05) is 30.3 Å². The second kappa shape index (κ2) is 9.14. The van der Waals surface area contributed by atoms with Gasteiger partial charge in [-0.2, -0.15) is 0 Å². The third-order valence-electron chi connectivity index (χ3n) is 4.62. The number of rotatable bonds is 6. The van der Waals surface area contributed by atoms with E-state index in [1.807, 2.05) is 35.2 Å². The van der Waals surface area contributed by atoms with Crippen molar-refractivity contribution in [3.05, 3.63) is 70.3 Å². The summed E-state index contributed by atoms with van der Waals surface area (Å²) in [4.78, 5) is 27.3. The Kier molecular flexibility index (Phi) is 6.38. The predicted molar refractivity (Wildman–Crippen MR) is 102 cm³/mol. The van der Waals surface area contributed by atoms with Crippen LogP contribution in [0.4, 0.5) is 5.69 Å². The highest BCUT2D eigenvalue weighted by Crippen LogP contribution is 2.25. The normalized spacial score (nSPS) is 15.2. The zero-order valence-corrected chi connectivity index (χ0v) is 15.1. The molecule has 0 saturated carbocycles. The van der Waals surface area contributed by atoms with E-state index in [1.54, 1.807) is 18.2 Å². The number of nitrogens with zero attached hydrogens (tertiary/aromatic N) is 3. The van der Waals surface area contributed by atoms with Crippen LogP contribution in [0.15, 0.2) is 54.6 Å². The molecular weight excluding hydrogens is 346 g/mol. The zero-order valence-electron chi connectivity index (χ0n) is 15.1. The van der Waals surface area contributed by atoms with E-state index in [0.29, 0.717) is 31.0 Å². The van der Waals surface area contributed by atoms with Crippen molar-refractivity contribution in [2.75, 3.05) is 39.3 Å². The van der Waals surface area contributed by atoms with Crippen LogP contribution in [0.2, 0.25) is 0 Å². The van der Waals surface area contributed by atoms with Crippen molar-refractivity contribution >= 4 is 11.6 Å². The molecule has 1 amide bonds. The first-order chi connectivity index (χ1) is 13.1. The average molecular weight is 369 g/mol. The lowest BCUT2D eigenvalue weighted by Crippen LogP contribution is -2.36. The third-order valence-corrected chi connectivity index (χ3v) is 4.62. The molecule has 1 saturated heterocycles. The molecule has 0 radical (unpaired) electrons. The highest BCUT2D eigenvalue weighted by atomic mass is 16.6. The molecule has 0 aromatic heterocycles. The van der Waals surface area contributed by atoms with E-state index in [0.717, 1.165) is 26.1 Å². The summed E-state index contributed by atoms with van der Waals surface area (Å²) >= 11 is 0. The van der Waals surface area contributed by atoms with Crippen LogP contribution < -0.4 is 4.74 Å². The Morgan fingerprint density at radius 2 is 1.74 bits per heavy atom. The number of carbonyl (C=O) groups is 1. The van der Waals surface area contributed by atoms with Crippen LogP contribution >= 0.6 is 0 Å². The number of hydrogen-bond acceptors (Lipinski definition) is 5. The first-order valence-electron chi connectivity index (χ1n) is 9.08. The van der Waals surface area contributed by atoms with Crippen molar-refractivity contribution < 1.29 is 14.5 Å². The number of nitro benzene ring substituents is 1. The van der Waals surface area contributed by atoms with Crippen LogP contribution in [0.5, 0.6) is 5.75 Å². The molecular formula is C20H23N3O4. The fourth-order valence-corrected chi connectivity index (χ4v) is 3.18. The van der Waals surface area contributed by atoms with Gasteiger partial charge in [0.05, 0.1) is 4.92 Å². The minimum atomic E-state index is -0.436. The fraction of sp³-hybridized carbons (Fsp3) is 0.350. The number of carbonyl (C=O) groups excluding carboxylic acids is 1. The lowest BCUT2D eigenvalue weighted by molar-refractivity contribution is -0.385. The molecule has 1 fully saturated rings. The van der Waals surface area contributed by atoms with Gasteiger partial charge in [0, 0.05) is 44.4 Å². The van der Waals surface area contributed by atoms with E-state index in [9.17, 15) is 14.9 Å². The Morgan fingerprint density at radius 3 is 2.52 bits per heavy atom. The predicted octanol–water partition coefficient (Wildman–Crippen LogP) is 2.82. The number of ether oxygens (including phenoxy) is 1. The van der Waals surface area contributed by atoms with Gasteiger partial charge in [-0.25, -0.2) is 0 Å². The molecule has 0 bridgehead atoms. The number of amides is 1. The van der Waals surface area contributed by atoms with E-state index in [-0.39, 0.29) is 11.6 Å². The molecule has 2 aromatic rings. The average Bonchev–Trinajstić information content (AvgIpc) is 2.94. The molecule has 7 heteroatoms. The Morgan fingerprint density at radius 1 is 1.00 bits per heavy atom. The molecule has 1 aliphatic heterocycles. The highest BCUT2D eigenvalue weighted by Gasteiger charge is 2.20. The highest BCUT2D eigenvalue weighted by molar-refractivity contribution is 5.94. The Labute approximate surface area is 158 Å². The lowest BCUT2D eigenvalue weighted by Gasteiger charge is -2.22. The van der Waals surface area contributed by atoms with Gasteiger partial charge in [0.25, 0.3) is 5.91 Å². The van der Waals surface area contributed by atoms with E-state index in [1.165, 1.54) is 6.07 Å². The first-order valence-corrected chi connectivity index (χ1v) is 9.08. The number of para-hydroxylation sites is 2. The molecule has 0 spiro atoms. The quantitative estimate of drug-likeness (QED) is 0.578. The van der Waals surface area contributed by atoms with Gasteiger partial charge >= 0.3 is 5.69 Å². The number of hydrogen-bond donors (Lipinski definition) is 0. The van der Waals surface area contributed by atoms with Gasteiger partial charge in [0.15, 0.2) is 5.75 Å². The van der Waals surface area contributed by atoms with Crippen molar-refractivity contribution in [2.45, 2.75) is 6.42 Å². The van der Waals surface area contributed by atoms with Gasteiger partial charge < -0.3 is 9.64 Å². The second-order valence-electron chi connectivity index (χ2n) is 6.43. The summed E-state index contributed by atoms with van der Waals surface area (Å²) in [6.45, 7) is 4.07. The zero-order chi connectivity index (χ0) is 19.1. The molecule has 0 aliphatic carbocycles. The summed E-state index contributed by atoms with van der Waals surface area (Å²) in [7, 11) is 0. The molecule has 1 aliphatic rings. The van der Waals surface area contributed by atoms with Gasteiger partial charge in [0.2, 0.25) is 0 Å². The van der Waals surface area contributed by atoms with E-state index in [2.05, 4.69) is 4.90 Å². The van der Waals surface area contributed by atoms with Crippen LogP contribution in [0, 0.1) is 10.1 Å². The molecule has 0 atom stereocenters. The van der Waals surface area contributed by atoms with Gasteiger partial charge in [-0.05, 0) is 24.6 Å². The standard InChI is InChI=1S/C20H23N3O4/c24-20(17-7-2-1-3-8-17)22-12-6-11-21(13-14-22)15-16-27-19-10-5-4-9-18(19)23(25)26/h1-5,7-10H,6,11-16H2. The fourth-order valence-electron chi connectivity index (χ4n) is 3.18. The van der Waals surface area contributed by atoms with Crippen molar-refractivity contribution in [3.8, 4) is 5.75 Å². The van der Waals surface area contributed by atoms with E-state index in [4.69, 9.17) is 4.74 Å². The maximum Gasteiger partial charge on any atom is 0.310 e. The largest absolute Gasteiger partial charge is 0.485 e. The number of benzene rings is 2. The minimum Gasteiger partial charge on any atom is -0.485 e. The van der Waals surface area contributed by atoms with Crippen molar-refractivity contribution in [1.82, 2.24) is 9.80 Å². The topological polar surface area (TPSA) is 75.9 Å². The van der Waals surface area contributed by atoms with Crippen LogP contribution in [0.1, 0.15) is 16.8 Å². The smallest absolute Gasteiger partial charge is 0.310 e. The summed E-state index contributed by atoms with van der Waals surface area (Å²) in [6, 6.07) is 15.7. The molecule has 0 unspecified atom stereocenters. The SMILES string of the molecule is O=C(c1ccccc1)N1CCCN(CCOc2ccccc2[N+](=O)[O-])CC1. The van der Waals surface area contributed by atoms with Crippen LogP contribution in [-0.4, -0.2) is 60.0 Å².